The zero-order chi connectivity index (χ0) is 24.0. The van der Waals surface area contributed by atoms with E-state index in [0.29, 0.717) is 6.61 Å². The van der Waals surface area contributed by atoms with Crippen LogP contribution in [0.2, 0.25) is 0 Å². The first-order valence-corrected chi connectivity index (χ1v) is 12.5. The second kappa shape index (κ2) is 10.8. The summed E-state index contributed by atoms with van der Waals surface area (Å²) in [5.74, 6) is 2.62. The van der Waals surface area contributed by atoms with Crippen molar-refractivity contribution >= 4 is 10.8 Å². The molecule has 0 atom stereocenters. The highest BCUT2D eigenvalue weighted by Gasteiger charge is 2.14. The molecule has 0 spiro atoms. The number of ether oxygens (including phenoxy) is 3. The fraction of sp³-hybridized carbons (Fsp3) is 0.290. The number of nitrogens with zero attached hydrogens (tertiary/aromatic N) is 1. The average Bonchev–Trinajstić information content (AvgIpc) is 2.93. The summed E-state index contributed by atoms with van der Waals surface area (Å²) >= 11 is 0. The predicted molar refractivity (Wildman–Crippen MR) is 144 cm³/mol. The van der Waals surface area contributed by atoms with Gasteiger partial charge in [-0.3, -0.25) is 4.90 Å². The lowest BCUT2D eigenvalue weighted by atomic mass is 9.89. The Hall–Kier alpha value is -3.50. The number of piperidine rings is 1. The first kappa shape index (κ1) is 23.3. The van der Waals surface area contributed by atoms with Crippen LogP contribution in [0.3, 0.4) is 0 Å². The lowest BCUT2D eigenvalue weighted by molar-refractivity contribution is 0.183. The number of hydrogen-bond acceptors (Lipinski definition) is 4. The van der Waals surface area contributed by atoms with Crippen LogP contribution in [0.15, 0.2) is 78.9 Å². The molecule has 0 unspecified atom stereocenters. The molecule has 1 fully saturated rings. The molecule has 1 aliphatic rings. The number of benzene rings is 4. The fourth-order valence-electron chi connectivity index (χ4n) is 4.97. The molecule has 4 aromatic rings. The van der Waals surface area contributed by atoms with Gasteiger partial charge in [0.2, 0.25) is 0 Å². The molecule has 0 aliphatic carbocycles. The second-order valence-corrected chi connectivity index (χ2v) is 9.08. The number of fused-ring (bicyclic) bond motifs is 1. The zero-order valence-electron chi connectivity index (χ0n) is 20.6. The van der Waals surface area contributed by atoms with Crippen LogP contribution in [0.5, 0.6) is 17.2 Å². The van der Waals surface area contributed by atoms with Gasteiger partial charge in [-0.25, -0.2) is 0 Å². The van der Waals surface area contributed by atoms with Gasteiger partial charge in [0.25, 0.3) is 0 Å². The fourth-order valence-corrected chi connectivity index (χ4v) is 4.97. The molecule has 4 aromatic carbocycles. The Morgan fingerprint density at radius 2 is 1.46 bits per heavy atom. The highest BCUT2D eigenvalue weighted by Crippen LogP contribution is 2.40. The summed E-state index contributed by atoms with van der Waals surface area (Å²) < 4.78 is 17.1. The maximum Gasteiger partial charge on any atom is 0.119 e. The van der Waals surface area contributed by atoms with E-state index in [1.54, 1.807) is 14.2 Å². The number of methoxy groups -OCH3 is 2. The minimum atomic E-state index is 0.710. The molecule has 0 N–H and O–H groups in total. The molecule has 0 amide bonds. The summed E-state index contributed by atoms with van der Waals surface area (Å²) in [7, 11) is 3.40. The Balaban J connectivity index is 1.51. The summed E-state index contributed by atoms with van der Waals surface area (Å²) in [6, 6.07) is 27.4. The van der Waals surface area contributed by atoms with Gasteiger partial charge in [-0.15, -0.1) is 0 Å². The maximum absolute atomic E-state index is 6.22. The van der Waals surface area contributed by atoms with E-state index in [0.717, 1.165) is 40.3 Å². The van der Waals surface area contributed by atoms with Crippen molar-refractivity contribution in [3.63, 3.8) is 0 Å². The van der Waals surface area contributed by atoms with Gasteiger partial charge in [-0.2, -0.15) is 0 Å². The molecule has 180 valence electrons. The predicted octanol–water partition coefficient (Wildman–Crippen LogP) is 7.06. The SMILES string of the molecule is COc1ccc(-c2ccc3cc(OC)ccc3c2-c2cccc(OCCN3CCCCC3)c2)cc1. The number of likely N-dealkylation sites (tertiary alicyclic amines) is 1. The maximum atomic E-state index is 6.22. The van der Waals surface area contributed by atoms with Crippen molar-refractivity contribution in [2.45, 2.75) is 19.3 Å². The van der Waals surface area contributed by atoms with Crippen LogP contribution in [0.4, 0.5) is 0 Å². The zero-order valence-corrected chi connectivity index (χ0v) is 20.6. The standard InChI is InChI=1S/C31H33NO3/c1-33-26-12-9-23(10-13-26)29-15-11-24-21-27(34-2)14-16-30(24)31(29)25-7-6-8-28(22-25)35-20-19-32-17-4-3-5-18-32/h6-16,21-22H,3-5,17-20H2,1-2H3. The van der Waals surface area contributed by atoms with E-state index in [1.807, 2.05) is 18.2 Å². The Kier molecular flexibility index (Phi) is 7.20. The van der Waals surface area contributed by atoms with Gasteiger partial charge in [0, 0.05) is 6.54 Å². The molecule has 1 aliphatic heterocycles. The van der Waals surface area contributed by atoms with Crippen LogP contribution in [0.1, 0.15) is 19.3 Å². The van der Waals surface area contributed by atoms with Crippen molar-refractivity contribution in [3.8, 4) is 39.5 Å². The summed E-state index contributed by atoms with van der Waals surface area (Å²) in [6.07, 6.45) is 3.96. The first-order chi connectivity index (χ1) is 17.2. The van der Waals surface area contributed by atoms with E-state index < -0.39 is 0 Å². The Bertz CT molecular complexity index is 1280. The normalized spacial score (nSPS) is 14.1. The molecule has 5 rings (SSSR count). The van der Waals surface area contributed by atoms with Crippen LogP contribution in [-0.4, -0.2) is 45.4 Å². The smallest absolute Gasteiger partial charge is 0.119 e. The molecular weight excluding hydrogens is 434 g/mol. The highest BCUT2D eigenvalue weighted by atomic mass is 16.5. The third-order valence-corrected chi connectivity index (χ3v) is 6.88. The number of hydrogen-bond donors (Lipinski definition) is 0. The van der Waals surface area contributed by atoms with Gasteiger partial charge >= 0.3 is 0 Å². The third kappa shape index (κ3) is 5.28. The van der Waals surface area contributed by atoms with E-state index in [1.165, 1.54) is 48.9 Å². The number of rotatable bonds is 8. The Morgan fingerprint density at radius 3 is 2.23 bits per heavy atom. The summed E-state index contributed by atoms with van der Waals surface area (Å²) in [6.45, 7) is 4.07. The summed E-state index contributed by atoms with van der Waals surface area (Å²) in [4.78, 5) is 2.51. The van der Waals surface area contributed by atoms with Crippen molar-refractivity contribution in [2.75, 3.05) is 40.5 Å². The topological polar surface area (TPSA) is 30.9 Å². The first-order valence-electron chi connectivity index (χ1n) is 12.5. The molecule has 0 bridgehead atoms. The summed E-state index contributed by atoms with van der Waals surface area (Å²) in [5, 5.41) is 2.33. The van der Waals surface area contributed by atoms with Gasteiger partial charge in [0.05, 0.1) is 14.2 Å². The van der Waals surface area contributed by atoms with Crippen molar-refractivity contribution in [1.82, 2.24) is 4.90 Å². The van der Waals surface area contributed by atoms with Crippen LogP contribution in [0.25, 0.3) is 33.0 Å². The van der Waals surface area contributed by atoms with Gasteiger partial charge in [-0.05, 0) is 95.4 Å². The van der Waals surface area contributed by atoms with E-state index in [9.17, 15) is 0 Å². The largest absolute Gasteiger partial charge is 0.497 e. The molecule has 35 heavy (non-hydrogen) atoms. The molecule has 1 saturated heterocycles. The van der Waals surface area contributed by atoms with Gasteiger partial charge in [-0.1, -0.05) is 48.9 Å². The van der Waals surface area contributed by atoms with Gasteiger partial charge < -0.3 is 14.2 Å². The highest BCUT2D eigenvalue weighted by molar-refractivity contribution is 6.04. The molecule has 0 aromatic heterocycles. The monoisotopic (exact) mass is 467 g/mol. The van der Waals surface area contributed by atoms with Crippen LogP contribution in [-0.2, 0) is 0 Å². The van der Waals surface area contributed by atoms with E-state index in [-0.39, 0.29) is 0 Å². The second-order valence-electron chi connectivity index (χ2n) is 9.08. The van der Waals surface area contributed by atoms with Gasteiger partial charge in [0.1, 0.15) is 23.9 Å². The van der Waals surface area contributed by atoms with Crippen molar-refractivity contribution in [2.24, 2.45) is 0 Å². The van der Waals surface area contributed by atoms with Crippen molar-refractivity contribution in [3.05, 3.63) is 78.9 Å². The lowest BCUT2D eigenvalue weighted by Gasteiger charge is -2.26. The molecule has 4 heteroatoms. The van der Waals surface area contributed by atoms with Crippen molar-refractivity contribution < 1.29 is 14.2 Å². The molecule has 0 radical (unpaired) electrons. The molecular formula is C31H33NO3. The minimum absolute atomic E-state index is 0.710. The summed E-state index contributed by atoms with van der Waals surface area (Å²) in [5.41, 5.74) is 4.66. The minimum Gasteiger partial charge on any atom is -0.497 e. The van der Waals surface area contributed by atoms with Crippen LogP contribution < -0.4 is 14.2 Å². The molecule has 1 heterocycles. The van der Waals surface area contributed by atoms with Crippen LogP contribution >= 0.6 is 0 Å². The van der Waals surface area contributed by atoms with E-state index >= 15 is 0 Å². The Morgan fingerprint density at radius 1 is 0.686 bits per heavy atom. The Labute approximate surface area is 208 Å². The quantitative estimate of drug-likeness (QED) is 0.278. The average molecular weight is 468 g/mol. The molecule has 4 nitrogen and oxygen atoms in total. The van der Waals surface area contributed by atoms with Gasteiger partial charge in [0.15, 0.2) is 0 Å². The lowest BCUT2D eigenvalue weighted by Crippen LogP contribution is -2.33. The van der Waals surface area contributed by atoms with Crippen LogP contribution in [0, 0.1) is 0 Å². The molecule has 0 saturated carbocycles. The van der Waals surface area contributed by atoms with Crippen molar-refractivity contribution in [1.29, 1.82) is 0 Å². The third-order valence-electron chi connectivity index (χ3n) is 6.88. The van der Waals surface area contributed by atoms with E-state index in [2.05, 4.69) is 65.6 Å². The van der Waals surface area contributed by atoms with E-state index in [4.69, 9.17) is 14.2 Å².